The molecule has 1 aliphatic rings. The smallest absolute Gasteiger partial charge is 0.410 e. The Morgan fingerprint density at radius 2 is 2.13 bits per heavy atom. The summed E-state index contributed by atoms with van der Waals surface area (Å²) in [6.45, 7) is 6.35. The molecular weight excluding hydrogens is 298 g/mol. The first-order valence-electron chi connectivity index (χ1n) is 7.88. The van der Waals surface area contributed by atoms with Gasteiger partial charge in [0.1, 0.15) is 12.2 Å². The molecule has 0 radical (unpaired) electrons. The normalized spacial score (nSPS) is 18.1. The Bertz CT molecular complexity index is 562. The SMILES string of the molecule is Cn1nccc1CC(=O)OC[C@H]1CCCN1C(=O)OC(C)(C)C. The molecular formula is C16H25N3O4. The Balaban J connectivity index is 1.83. The van der Waals surface area contributed by atoms with Gasteiger partial charge in [-0.05, 0) is 39.7 Å². The molecule has 1 aromatic heterocycles. The van der Waals surface area contributed by atoms with Crippen LogP contribution in [-0.2, 0) is 27.7 Å². The van der Waals surface area contributed by atoms with Crippen LogP contribution in [0.25, 0.3) is 0 Å². The zero-order chi connectivity index (χ0) is 17.0. The number of amides is 1. The quantitative estimate of drug-likeness (QED) is 0.791. The third-order valence-corrected chi connectivity index (χ3v) is 3.69. The van der Waals surface area contributed by atoms with Crippen molar-refractivity contribution < 1.29 is 19.1 Å². The van der Waals surface area contributed by atoms with E-state index in [1.165, 1.54) is 0 Å². The molecule has 0 unspecified atom stereocenters. The summed E-state index contributed by atoms with van der Waals surface area (Å²) >= 11 is 0. The van der Waals surface area contributed by atoms with Crippen molar-refractivity contribution in [2.24, 2.45) is 7.05 Å². The molecule has 0 N–H and O–H groups in total. The van der Waals surface area contributed by atoms with Crippen LogP contribution in [0, 0.1) is 0 Å². The van der Waals surface area contributed by atoms with Gasteiger partial charge in [0.25, 0.3) is 0 Å². The van der Waals surface area contributed by atoms with Crippen LogP contribution >= 0.6 is 0 Å². The fourth-order valence-electron chi connectivity index (χ4n) is 2.53. The molecule has 0 aromatic carbocycles. The number of hydrogen-bond donors (Lipinski definition) is 0. The zero-order valence-electron chi connectivity index (χ0n) is 14.2. The average Bonchev–Trinajstić information content (AvgIpc) is 3.04. The van der Waals surface area contributed by atoms with Gasteiger partial charge in [-0.1, -0.05) is 0 Å². The number of rotatable bonds is 4. The van der Waals surface area contributed by atoms with Crippen LogP contribution in [0.15, 0.2) is 12.3 Å². The minimum absolute atomic E-state index is 0.111. The Kier molecular flexibility index (Phi) is 5.28. The average molecular weight is 323 g/mol. The molecule has 2 rings (SSSR count). The lowest BCUT2D eigenvalue weighted by atomic mass is 10.2. The molecule has 1 aliphatic heterocycles. The summed E-state index contributed by atoms with van der Waals surface area (Å²) in [6.07, 6.45) is 3.18. The second-order valence-corrected chi connectivity index (χ2v) is 6.78. The van der Waals surface area contributed by atoms with Gasteiger partial charge in [0.15, 0.2) is 0 Å². The number of aryl methyl sites for hydroxylation is 1. The van der Waals surface area contributed by atoms with Gasteiger partial charge in [-0.2, -0.15) is 5.10 Å². The van der Waals surface area contributed by atoms with Gasteiger partial charge in [0.05, 0.1) is 12.5 Å². The van der Waals surface area contributed by atoms with E-state index in [0.29, 0.717) is 6.54 Å². The molecule has 0 bridgehead atoms. The number of carbonyl (C=O) groups excluding carboxylic acids is 2. The van der Waals surface area contributed by atoms with Gasteiger partial charge in [-0.25, -0.2) is 4.79 Å². The summed E-state index contributed by atoms with van der Waals surface area (Å²) in [7, 11) is 1.78. The van der Waals surface area contributed by atoms with E-state index in [9.17, 15) is 9.59 Å². The zero-order valence-corrected chi connectivity index (χ0v) is 14.2. The molecule has 2 heterocycles. The molecule has 23 heavy (non-hydrogen) atoms. The van der Waals surface area contributed by atoms with Crippen LogP contribution in [0.1, 0.15) is 39.3 Å². The number of nitrogens with zero attached hydrogens (tertiary/aromatic N) is 3. The number of esters is 1. The van der Waals surface area contributed by atoms with Crippen molar-refractivity contribution in [2.45, 2.75) is 51.7 Å². The van der Waals surface area contributed by atoms with E-state index >= 15 is 0 Å². The highest BCUT2D eigenvalue weighted by molar-refractivity contribution is 5.72. The van der Waals surface area contributed by atoms with Crippen molar-refractivity contribution in [3.05, 3.63) is 18.0 Å². The van der Waals surface area contributed by atoms with Gasteiger partial charge in [0.2, 0.25) is 0 Å². The lowest BCUT2D eigenvalue weighted by Gasteiger charge is -2.28. The molecule has 1 fully saturated rings. The first-order chi connectivity index (χ1) is 10.8. The molecule has 7 heteroatoms. The molecule has 1 amide bonds. The number of aromatic nitrogens is 2. The summed E-state index contributed by atoms with van der Waals surface area (Å²) in [5, 5.41) is 4.02. The Morgan fingerprint density at radius 1 is 1.39 bits per heavy atom. The third kappa shape index (κ3) is 4.97. The van der Waals surface area contributed by atoms with Crippen molar-refractivity contribution in [3.8, 4) is 0 Å². The maximum absolute atomic E-state index is 12.2. The Labute approximate surface area is 136 Å². The molecule has 0 spiro atoms. The standard InChI is InChI=1S/C16H25N3O4/c1-16(2,3)23-15(21)19-9-5-6-13(19)11-22-14(20)10-12-7-8-17-18(12)4/h7-8,13H,5-6,9-11H2,1-4H3/t13-/m1/s1. The van der Waals surface area contributed by atoms with E-state index in [0.717, 1.165) is 18.5 Å². The maximum atomic E-state index is 12.2. The fourth-order valence-corrected chi connectivity index (χ4v) is 2.53. The second kappa shape index (κ2) is 7.02. The van der Waals surface area contributed by atoms with Crippen molar-refractivity contribution in [2.75, 3.05) is 13.2 Å². The molecule has 7 nitrogen and oxygen atoms in total. The molecule has 1 saturated heterocycles. The van der Waals surface area contributed by atoms with Gasteiger partial charge < -0.3 is 14.4 Å². The summed E-state index contributed by atoms with van der Waals surface area (Å²) in [5.41, 5.74) is 0.269. The first-order valence-corrected chi connectivity index (χ1v) is 7.88. The summed E-state index contributed by atoms with van der Waals surface area (Å²) in [4.78, 5) is 25.8. The van der Waals surface area contributed by atoms with Crippen LogP contribution in [0.4, 0.5) is 4.79 Å². The molecule has 128 valence electrons. The van der Waals surface area contributed by atoms with E-state index in [-0.39, 0.29) is 31.1 Å². The summed E-state index contributed by atoms with van der Waals surface area (Å²) in [5.74, 6) is -0.315. The van der Waals surface area contributed by atoms with Crippen molar-refractivity contribution >= 4 is 12.1 Å². The lowest BCUT2D eigenvalue weighted by molar-refractivity contribution is -0.144. The second-order valence-electron chi connectivity index (χ2n) is 6.78. The molecule has 0 aliphatic carbocycles. The predicted octanol–water partition coefficient (Wildman–Crippen LogP) is 1.91. The highest BCUT2D eigenvalue weighted by Gasteiger charge is 2.32. The predicted molar refractivity (Wildman–Crippen MR) is 83.8 cm³/mol. The first kappa shape index (κ1) is 17.3. The number of likely N-dealkylation sites (tertiary alicyclic amines) is 1. The largest absolute Gasteiger partial charge is 0.463 e. The lowest BCUT2D eigenvalue weighted by Crippen LogP contribution is -2.42. The molecule has 1 atom stereocenters. The van der Waals surface area contributed by atoms with E-state index in [2.05, 4.69) is 5.10 Å². The van der Waals surface area contributed by atoms with Crippen LogP contribution in [0.5, 0.6) is 0 Å². The number of hydrogen-bond acceptors (Lipinski definition) is 5. The summed E-state index contributed by atoms with van der Waals surface area (Å²) < 4.78 is 12.4. The molecule has 0 saturated carbocycles. The molecule has 1 aromatic rings. The van der Waals surface area contributed by atoms with Crippen LogP contribution in [0.2, 0.25) is 0 Å². The van der Waals surface area contributed by atoms with Crippen molar-refractivity contribution in [1.82, 2.24) is 14.7 Å². The van der Waals surface area contributed by atoms with Gasteiger partial charge >= 0.3 is 12.1 Å². The van der Waals surface area contributed by atoms with E-state index in [1.54, 1.807) is 28.9 Å². The van der Waals surface area contributed by atoms with Gasteiger partial charge in [0, 0.05) is 25.5 Å². The minimum atomic E-state index is -0.527. The van der Waals surface area contributed by atoms with Crippen LogP contribution in [-0.4, -0.2) is 51.5 Å². The fraction of sp³-hybridized carbons (Fsp3) is 0.688. The topological polar surface area (TPSA) is 73.7 Å². The third-order valence-electron chi connectivity index (χ3n) is 3.69. The highest BCUT2D eigenvalue weighted by Crippen LogP contribution is 2.21. The maximum Gasteiger partial charge on any atom is 0.410 e. The van der Waals surface area contributed by atoms with Gasteiger partial charge in [-0.3, -0.25) is 9.48 Å². The van der Waals surface area contributed by atoms with Crippen molar-refractivity contribution in [1.29, 1.82) is 0 Å². The highest BCUT2D eigenvalue weighted by atomic mass is 16.6. The Hall–Kier alpha value is -2.05. The van der Waals surface area contributed by atoms with Crippen LogP contribution in [0.3, 0.4) is 0 Å². The van der Waals surface area contributed by atoms with E-state index < -0.39 is 5.60 Å². The monoisotopic (exact) mass is 323 g/mol. The van der Waals surface area contributed by atoms with Gasteiger partial charge in [-0.15, -0.1) is 0 Å². The summed E-state index contributed by atoms with van der Waals surface area (Å²) in [6, 6.07) is 1.67. The van der Waals surface area contributed by atoms with Crippen LogP contribution < -0.4 is 0 Å². The van der Waals surface area contributed by atoms with E-state index in [4.69, 9.17) is 9.47 Å². The minimum Gasteiger partial charge on any atom is -0.463 e. The Morgan fingerprint density at radius 3 is 2.74 bits per heavy atom. The van der Waals surface area contributed by atoms with E-state index in [1.807, 2.05) is 20.8 Å². The number of ether oxygens (including phenoxy) is 2. The van der Waals surface area contributed by atoms with Crippen molar-refractivity contribution in [3.63, 3.8) is 0 Å². The number of carbonyl (C=O) groups is 2.